The number of hydrogen-bond donors (Lipinski definition) is 2. The summed E-state index contributed by atoms with van der Waals surface area (Å²) in [4.78, 5) is 10.9. The molecule has 0 aliphatic rings. The smallest absolute Gasteiger partial charge is 0.416 e. The predicted molar refractivity (Wildman–Crippen MR) is 103 cm³/mol. The molecule has 158 valence electrons. The van der Waals surface area contributed by atoms with Gasteiger partial charge < -0.3 is 9.52 Å². The van der Waals surface area contributed by atoms with Crippen molar-refractivity contribution in [1.82, 2.24) is 0 Å². The molecule has 0 saturated carbocycles. The highest BCUT2D eigenvalue weighted by Crippen LogP contribution is 2.37. The van der Waals surface area contributed by atoms with Crippen LogP contribution in [0.25, 0.3) is 11.3 Å². The van der Waals surface area contributed by atoms with Crippen molar-refractivity contribution in [3.8, 4) is 11.3 Å². The van der Waals surface area contributed by atoms with Crippen LogP contribution in [0.2, 0.25) is 0 Å². The van der Waals surface area contributed by atoms with Crippen molar-refractivity contribution >= 4 is 21.7 Å². The topological polar surface area (TPSA) is 96.6 Å². The number of halogens is 3. The van der Waals surface area contributed by atoms with Crippen molar-refractivity contribution in [2.24, 2.45) is 0 Å². The van der Waals surface area contributed by atoms with Crippen LogP contribution >= 0.6 is 0 Å². The van der Waals surface area contributed by atoms with Crippen molar-refractivity contribution in [2.75, 3.05) is 4.72 Å². The van der Waals surface area contributed by atoms with E-state index in [-0.39, 0.29) is 33.9 Å². The number of anilines is 1. The van der Waals surface area contributed by atoms with Gasteiger partial charge in [-0.3, -0.25) is 4.72 Å². The molecule has 0 spiro atoms. The molecule has 2 aromatic carbocycles. The molecule has 10 heteroatoms. The predicted octanol–water partition coefficient (Wildman–Crippen LogP) is 5.03. The molecule has 30 heavy (non-hydrogen) atoms. The van der Waals surface area contributed by atoms with Gasteiger partial charge >= 0.3 is 12.1 Å². The van der Waals surface area contributed by atoms with Gasteiger partial charge in [-0.2, -0.15) is 13.2 Å². The number of aryl methyl sites for hydroxylation is 1. The largest absolute Gasteiger partial charge is 0.478 e. The van der Waals surface area contributed by atoms with E-state index in [0.717, 1.165) is 18.2 Å². The van der Waals surface area contributed by atoms with Gasteiger partial charge in [-0.1, -0.05) is 13.0 Å². The molecule has 0 amide bonds. The Bertz CT molecular complexity index is 1190. The quantitative estimate of drug-likeness (QED) is 0.562. The Labute approximate surface area is 170 Å². The molecule has 0 radical (unpaired) electrons. The fourth-order valence-corrected chi connectivity index (χ4v) is 4.29. The number of carbonyl (C=O) groups is 1. The molecule has 0 aliphatic carbocycles. The molecule has 0 fully saturated rings. The number of carboxylic acids is 1. The van der Waals surface area contributed by atoms with E-state index < -0.39 is 27.7 Å². The summed E-state index contributed by atoms with van der Waals surface area (Å²) in [5, 5.41) is 9.17. The zero-order valence-electron chi connectivity index (χ0n) is 15.5. The monoisotopic (exact) mass is 439 g/mol. The summed E-state index contributed by atoms with van der Waals surface area (Å²) in [7, 11) is -4.41. The lowest BCUT2D eigenvalue weighted by molar-refractivity contribution is -0.137. The number of sulfonamides is 1. The highest BCUT2D eigenvalue weighted by molar-refractivity contribution is 7.92. The lowest BCUT2D eigenvalue weighted by atomic mass is 10.1. The van der Waals surface area contributed by atoms with E-state index in [1.54, 1.807) is 6.92 Å². The minimum absolute atomic E-state index is 0.101. The number of aromatic carboxylic acids is 1. The molecule has 0 unspecified atom stereocenters. The summed E-state index contributed by atoms with van der Waals surface area (Å²) in [6.07, 6.45) is -3.12. The second kappa shape index (κ2) is 7.86. The van der Waals surface area contributed by atoms with Crippen LogP contribution in [-0.4, -0.2) is 19.5 Å². The van der Waals surface area contributed by atoms with Crippen LogP contribution in [0.4, 0.5) is 18.9 Å². The molecule has 2 N–H and O–H groups in total. The molecule has 1 heterocycles. The van der Waals surface area contributed by atoms with Gasteiger partial charge in [0, 0.05) is 5.56 Å². The zero-order chi connectivity index (χ0) is 22.1. The van der Waals surface area contributed by atoms with Gasteiger partial charge in [0.15, 0.2) is 0 Å². The molecular weight excluding hydrogens is 423 g/mol. The number of benzene rings is 2. The van der Waals surface area contributed by atoms with Crippen molar-refractivity contribution in [3.05, 3.63) is 71.5 Å². The molecule has 1 aromatic heterocycles. The Kier molecular flexibility index (Phi) is 5.62. The van der Waals surface area contributed by atoms with Crippen LogP contribution in [0, 0.1) is 0 Å². The Morgan fingerprint density at radius 1 is 1.13 bits per heavy atom. The summed E-state index contributed by atoms with van der Waals surface area (Å²) in [5.41, 5.74) is -1.24. The first-order chi connectivity index (χ1) is 14.0. The standard InChI is InChI=1S/C20H16F3NO5S/c1-2-12-5-6-13(19(25)26)10-18(12)30(27,28)24-16-11-14(20(21,22)23)7-8-15(16)17-4-3-9-29-17/h3-11,24H,2H2,1H3,(H,25,26). The highest BCUT2D eigenvalue weighted by atomic mass is 32.2. The van der Waals surface area contributed by atoms with Crippen LogP contribution in [0.5, 0.6) is 0 Å². The third kappa shape index (κ3) is 4.33. The third-order valence-electron chi connectivity index (χ3n) is 4.36. The van der Waals surface area contributed by atoms with Crippen molar-refractivity contribution in [3.63, 3.8) is 0 Å². The molecular formula is C20H16F3NO5S. The van der Waals surface area contributed by atoms with E-state index in [1.165, 1.54) is 30.5 Å². The Morgan fingerprint density at radius 3 is 2.43 bits per heavy atom. The maximum absolute atomic E-state index is 13.2. The van der Waals surface area contributed by atoms with Gasteiger partial charge in [-0.25, -0.2) is 13.2 Å². The number of furan rings is 1. The second-order valence-electron chi connectivity index (χ2n) is 6.32. The minimum Gasteiger partial charge on any atom is -0.478 e. The molecule has 3 aromatic rings. The van der Waals surface area contributed by atoms with Crippen LogP contribution in [0.1, 0.15) is 28.4 Å². The molecule has 0 atom stereocenters. The van der Waals surface area contributed by atoms with Gasteiger partial charge in [0.05, 0.1) is 28.0 Å². The normalized spacial score (nSPS) is 12.0. The average Bonchev–Trinajstić information content (AvgIpc) is 3.20. The molecule has 0 aliphatic heterocycles. The van der Waals surface area contributed by atoms with Crippen LogP contribution in [0.15, 0.2) is 64.1 Å². The molecule has 3 rings (SSSR count). The molecule has 0 bridgehead atoms. The first-order valence-electron chi connectivity index (χ1n) is 8.67. The average molecular weight is 439 g/mol. The van der Waals surface area contributed by atoms with Crippen LogP contribution in [0.3, 0.4) is 0 Å². The number of alkyl halides is 3. The lowest BCUT2D eigenvalue weighted by Crippen LogP contribution is -2.17. The second-order valence-corrected chi connectivity index (χ2v) is 7.97. The maximum atomic E-state index is 13.2. The fourth-order valence-electron chi connectivity index (χ4n) is 2.88. The summed E-state index contributed by atoms with van der Waals surface area (Å²) >= 11 is 0. The van der Waals surface area contributed by atoms with E-state index in [0.29, 0.717) is 11.6 Å². The number of carboxylic acid groups (broad SMARTS) is 1. The maximum Gasteiger partial charge on any atom is 0.416 e. The summed E-state index contributed by atoms with van der Waals surface area (Å²) in [5.74, 6) is -1.17. The SMILES string of the molecule is CCc1ccc(C(=O)O)cc1S(=O)(=O)Nc1cc(C(F)(F)F)ccc1-c1ccco1. The number of nitrogens with one attached hydrogen (secondary N) is 1. The zero-order valence-corrected chi connectivity index (χ0v) is 16.3. The summed E-state index contributed by atoms with van der Waals surface area (Å²) in [6.45, 7) is 1.67. The number of hydrogen-bond acceptors (Lipinski definition) is 4. The van der Waals surface area contributed by atoms with Gasteiger partial charge in [0.1, 0.15) is 5.76 Å². The lowest BCUT2D eigenvalue weighted by Gasteiger charge is -2.16. The van der Waals surface area contributed by atoms with E-state index in [4.69, 9.17) is 4.42 Å². The fraction of sp³-hybridized carbons (Fsp3) is 0.150. The molecule has 0 saturated heterocycles. The minimum atomic E-state index is -4.69. The van der Waals surface area contributed by atoms with Gasteiger partial charge in [0.2, 0.25) is 0 Å². The summed E-state index contributed by atoms with van der Waals surface area (Å²) in [6, 6.07) is 9.17. The van der Waals surface area contributed by atoms with Crippen molar-refractivity contribution < 1.29 is 35.9 Å². The van der Waals surface area contributed by atoms with Crippen LogP contribution < -0.4 is 4.72 Å². The molecule has 6 nitrogen and oxygen atoms in total. The third-order valence-corrected chi connectivity index (χ3v) is 5.81. The highest BCUT2D eigenvalue weighted by Gasteiger charge is 2.32. The Balaban J connectivity index is 2.15. The Hall–Kier alpha value is -3.27. The first kappa shape index (κ1) is 21.4. The van der Waals surface area contributed by atoms with Gasteiger partial charge in [-0.15, -0.1) is 0 Å². The van der Waals surface area contributed by atoms with Gasteiger partial charge in [-0.05, 0) is 54.4 Å². The summed E-state index contributed by atoms with van der Waals surface area (Å²) < 4.78 is 73.0. The van der Waals surface area contributed by atoms with E-state index in [2.05, 4.69) is 4.72 Å². The van der Waals surface area contributed by atoms with E-state index >= 15 is 0 Å². The van der Waals surface area contributed by atoms with Crippen molar-refractivity contribution in [1.29, 1.82) is 0 Å². The Morgan fingerprint density at radius 2 is 1.87 bits per heavy atom. The van der Waals surface area contributed by atoms with Gasteiger partial charge in [0.25, 0.3) is 10.0 Å². The van der Waals surface area contributed by atoms with E-state index in [9.17, 15) is 31.5 Å². The van der Waals surface area contributed by atoms with E-state index in [1.807, 2.05) is 0 Å². The van der Waals surface area contributed by atoms with Crippen molar-refractivity contribution in [2.45, 2.75) is 24.4 Å². The van der Waals surface area contributed by atoms with Crippen LogP contribution in [-0.2, 0) is 22.6 Å². The number of rotatable bonds is 6. The first-order valence-corrected chi connectivity index (χ1v) is 10.2.